The van der Waals surface area contributed by atoms with Gasteiger partial charge in [0.2, 0.25) is 5.91 Å². The molecule has 0 aliphatic carbocycles. The monoisotopic (exact) mass is 514 g/mol. The Kier molecular flexibility index (Phi) is 7.60. The molecular weight excluding hydrogens is 480 g/mol. The number of rotatable bonds is 9. The fourth-order valence-corrected chi connectivity index (χ4v) is 5.42. The quantitative estimate of drug-likeness (QED) is 0.503. The van der Waals surface area contributed by atoms with E-state index < -0.39 is 12.1 Å². The average molecular weight is 515 g/mol. The normalized spacial score (nSPS) is 21.8. The minimum atomic E-state index is -0.740. The highest BCUT2D eigenvalue weighted by atomic mass is 16.5. The zero-order valence-electron chi connectivity index (χ0n) is 21.7. The molecule has 0 saturated carbocycles. The van der Waals surface area contributed by atoms with Crippen molar-refractivity contribution in [1.29, 1.82) is 0 Å². The summed E-state index contributed by atoms with van der Waals surface area (Å²) in [6.45, 7) is 7.33. The highest BCUT2D eigenvalue weighted by molar-refractivity contribution is 6.03. The number of carbonyl (C=O) groups excluding carboxylic acids is 3. The molecule has 4 amide bonds. The summed E-state index contributed by atoms with van der Waals surface area (Å²) < 4.78 is 5.68. The van der Waals surface area contributed by atoms with Crippen molar-refractivity contribution in [2.45, 2.75) is 44.4 Å². The van der Waals surface area contributed by atoms with Gasteiger partial charge in [0.05, 0.1) is 30.0 Å². The molecule has 0 spiro atoms. The van der Waals surface area contributed by atoms with Gasteiger partial charge in [-0.3, -0.25) is 14.5 Å². The fraction of sp³-hybridized carbons (Fsp3) is 0.367. The fourth-order valence-electron chi connectivity index (χ4n) is 5.42. The average Bonchev–Trinajstić information content (AvgIpc) is 3.57. The third-order valence-electron chi connectivity index (χ3n) is 7.45. The first-order valence-corrected chi connectivity index (χ1v) is 13.2. The Morgan fingerprint density at radius 3 is 2.63 bits per heavy atom. The Hall–Kier alpha value is -3.91. The predicted octanol–water partition coefficient (Wildman–Crippen LogP) is 3.25. The minimum Gasteiger partial charge on any atom is -0.376 e. The van der Waals surface area contributed by atoms with Crippen molar-refractivity contribution < 1.29 is 19.1 Å². The highest BCUT2D eigenvalue weighted by Gasteiger charge is 2.47. The molecule has 198 valence electrons. The van der Waals surface area contributed by atoms with Crippen molar-refractivity contribution >= 4 is 17.8 Å². The first-order chi connectivity index (χ1) is 18.5. The molecule has 1 saturated heterocycles. The standard InChI is InChI=1S/C30H34N4O4/c1-3-15-33-25-19-34(29(36)26(25)27(32-30(33)37)22-13-11-20(2)12-14-22)24(17-21-8-5-4-6-9-21)28(35)31-18-23-10-7-16-38-23/h3-6,8-9,11-14,23-24,27H,1,7,10,15-19H2,2H3,(H,31,35)(H,32,37). The van der Waals surface area contributed by atoms with Crippen LogP contribution in [-0.2, 0) is 20.7 Å². The number of nitrogens with zero attached hydrogens (tertiary/aromatic N) is 2. The van der Waals surface area contributed by atoms with Crippen LogP contribution in [0, 0.1) is 6.92 Å². The van der Waals surface area contributed by atoms with E-state index in [2.05, 4.69) is 17.2 Å². The SMILES string of the molecule is C=CCN1C(=O)NC(c2ccc(C)cc2)C2=C1CN(C(Cc1ccccc1)C(=O)NCC1CCCO1)C2=O. The van der Waals surface area contributed by atoms with Gasteiger partial charge in [-0.15, -0.1) is 6.58 Å². The predicted molar refractivity (Wildman–Crippen MR) is 144 cm³/mol. The minimum absolute atomic E-state index is 0.00671. The molecule has 8 heteroatoms. The molecular formula is C30H34N4O4. The molecule has 3 aliphatic heterocycles. The largest absolute Gasteiger partial charge is 0.376 e. The van der Waals surface area contributed by atoms with E-state index >= 15 is 0 Å². The number of hydrogen-bond donors (Lipinski definition) is 2. The van der Waals surface area contributed by atoms with Crippen LogP contribution in [-0.4, -0.2) is 66.0 Å². The number of benzene rings is 2. The Balaban J connectivity index is 1.47. The van der Waals surface area contributed by atoms with Crippen molar-refractivity contribution in [1.82, 2.24) is 20.4 Å². The number of urea groups is 1. The molecule has 8 nitrogen and oxygen atoms in total. The van der Waals surface area contributed by atoms with Crippen LogP contribution in [0.3, 0.4) is 0 Å². The van der Waals surface area contributed by atoms with Gasteiger partial charge in [0.25, 0.3) is 5.91 Å². The van der Waals surface area contributed by atoms with E-state index in [1.54, 1.807) is 15.9 Å². The summed E-state index contributed by atoms with van der Waals surface area (Å²) >= 11 is 0. The maximum Gasteiger partial charge on any atom is 0.322 e. The molecule has 3 heterocycles. The van der Waals surface area contributed by atoms with E-state index in [0.717, 1.165) is 29.5 Å². The second-order valence-corrected chi connectivity index (χ2v) is 10.1. The van der Waals surface area contributed by atoms with E-state index in [-0.39, 0.29) is 37.0 Å². The first kappa shape index (κ1) is 25.7. The molecule has 3 unspecified atom stereocenters. The Morgan fingerprint density at radius 1 is 1.18 bits per heavy atom. The van der Waals surface area contributed by atoms with Gasteiger partial charge in [0.1, 0.15) is 6.04 Å². The molecule has 2 aromatic carbocycles. The number of hydrogen-bond acceptors (Lipinski definition) is 4. The molecule has 0 aromatic heterocycles. The lowest BCUT2D eigenvalue weighted by Gasteiger charge is -2.33. The van der Waals surface area contributed by atoms with E-state index in [1.165, 1.54) is 0 Å². The van der Waals surface area contributed by atoms with Crippen LogP contribution in [0.25, 0.3) is 0 Å². The molecule has 0 radical (unpaired) electrons. The van der Waals surface area contributed by atoms with E-state index in [9.17, 15) is 14.4 Å². The number of carbonyl (C=O) groups is 3. The van der Waals surface area contributed by atoms with Gasteiger partial charge in [-0.1, -0.05) is 66.2 Å². The highest BCUT2D eigenvalue weighted by Crippen LogP contribution is 2.37. The maximum atomic E-state index is 14.1. The van der Waals surface area contributed by atoms with Gasteiger partial charge >= 0.3 is 6.03 Å². The van der Waals surface area contributed by atoms with Gasteiger partial charge in [0, 0.05) is 26.1 Å². The third kappa shape index (κ3) is 5.22. The molecule has 3 aliphatic rings. The van der Waals surface area contributed by atoms with Crippen LogP contribution in [0.2, 0.25) is 0 Å². The zero-order valence-corrected chi connectivity index (χ0v) is 21.7. The van der Waals surface area contributed by atoms with E-state index in [1.807, 2.05) is 61.5 Å². The number of aryl methyl sites for hydroxylation is 1. The topological polar surface area (TPSA) is 91.0 Å². The van der Waals surface area contributed by atoms with E-state index in [0.29, 0.717) is 30.8 Å². The van der Waals surface area contributed by atoms with Crippen LogP contribution >= 0.6 is 0 Å². The Morgan fingerprint density at radius 2 is 1.95 bits per heavy atom. The summed E-state index contributed by atoms with van der Waals surface area (Å²) in [7, 11) is 0. The van der Waals surface area contributed by atoms with Crippen LogP contribution in [0.5, 0.6) is 0 Å². The second-order valence-electron chi connectivity index (χ2n) is 10.1. The molecule has 5 rings (SSSR count). The number of ether oxygens (including phenoxy) is 1. The first-order valence-electron chi connectivity index (χ1n) is 13.2. The lowest BCUT2D eigenvalue weighted by Crippen LogP contribution is -2.51. The molecule has 0 bridgehead atoms. The van der Waals surface area contributed by atoms with E-state index in [4.69, 9.17) is 4.74 Å². The zero-order chi connectivity index (χ0) is 26.6. The Labute approximate surface area is 223 Å². The summed E-state index contributed by atoms with van der Waals surface area (Å²) in [5, 5.41) is 6.04. The van der Waals surface area contributed by atoms with Crippen LogP contribution in [0.4, 0.5) is 4.79 Å². The van der Waals surface area contributed by atoms with Gasteiger partial charge in [-0.05, 0) is 30.9 Å². The smallest absolute Gasteiger partial charge is 0.322 e. The summed E-state index contributed by atoms with van der Waals surface area (Å²) in [6, 6.07) is 15.9. The maximum absolute atomic E-state index is 14.1. The molecule has 3 atom stereocenters. The number of amides is 4. The van der Waals surface area contributed by atoms with Gasteiger partial charge in [-0.2, -0.15) is 0 Å². The molecule has 1 fully saturated rings. The van der Waals surface area contributed by atoms with Crippen molar-refractivity contribution in [2.24, 2.45) is 0 Å². The second kappa shape index (κ2) is 11.2. The summed E-state index contributed by atoms with van der Waals surface area (Å²) in [4.78, 5) is 44.0. The lowest BCUT2D eigenvalue weighted by atomic mass is 9.94. The lowest BCUT2D eigenvalue weighted by molar-refractivity contribution is -0.136. The summed E-state index contributed by atoms with van der Waals surface area (Å²) in [5.74, 6) is -0.466. The number of nitrogens with one attached hydrogen (secondary N) is 2. The van der Waals surface area contributed by atoms with Crippen molar-refractivity contribution in [2.75, 3.05) is 26.2 Å². The van der Waals surface area contributed by atoms with Crippen molar-refractivity contribution in [3.63, 3.8) is 0 Å². The van der Waals surface area contributed by atoms with Crippen molar-refractivity contribution in [3.05, 3.63) is 95.2 Å². The van der Waals surface area contributed by atoms with Gasteiger partial charge in [0.15, 0.2) is 0 Å². The van der Waals surface area contributed by atoms with Crippen molar-refractivity contribution in [3.8, 4) is 0 Å². The van der Waals surface area contributed by atoms with Crippen LogP contribution < -0.4 is 10.6 Å². The molecule has 2 aromatic rings. The summed E-state index contributed by atoms with van der Waals surface area (Å²) in [5.41, 5.74) is 3.99. The van der Waals surface area contributed by atoms with Gasteiger partial charge < -0.3 is 20.3 Å². The molecule has 38 heavy (non-hydrogen) atoms. The third-order valence-corrected chi connectivity index (χ3v) is 7.45. The van der Waals surface area contributed by atoms with Crippen LogP contribution in [0.15, 0.2) is 78.5 Å². The molecule has 2 N–H and O–H groups in total. The van der Waals surface area contributed by atoms with Gasteiger partial charge in [-0.25, -0.2) is 4.79 Å². The van der Waals surface area contributed by atoms with Crippen LogP contribution in [0.1, 0.15) is 35.6 Å². The summed E-state index contributed by atoms with van der Waals surface area (Å²) in [6.07, 6.45) is 3.88. The Bertz CT molecular complexity index is 1230.